The van der Waals surface area contributed by atoms with Gasteiger partial charge in [-0.2, -0.15) is 0 Å². The number of rotatable bonds is 6. The lowest BCUT2D eigenvalue weighted by Gasteiger charge is -2.44. The van der Waals surface area contributed by atoms with Crippen LogP contribution in [0.5, 0.6) is 0 Å². The Balaban J connectivity index is 1.55. The second-order valence-corrected chi connectivity index (χ2v) is 7.47. The topological polar surface area (TPSA) is 80.9 Å². The molecule has 0 atom stereocenters. The number of hydrogen-bond donors (Lipinski definition) is 2. The number of benzene rings is 1. The number of amides is 1. The van der Waals surface area contributed by atoms with Crippen LogP contribution in [-0.2, 0) is 5.41 Å². The lowest BCUT2D eigenvalue weighted by molar-refractivity contribution is 0.0963. The molecule has 0 spiro atoms. The van der Waals surface area contributed by atoms with Gasteiger partial charge in [0, 0.05) is 35.5 Å². The van der Waals surface area contributed by atoms with Crippen LogP contribution in [0, 0.1) is 11.6 Å². The number of primary amides is 1. The van der Waals surface area contributed by atoms with Gasteiger partial charge in [-0.15, -0.1) is 0 Å². The van der Waals surface area contributed by atoms with Crippen molar-refractivity contribution in [2.45, 2.75) is 24.4 Å². The van der Waals surface area contributed by atoms with E-state index in [1.165, 1.54) is 30.6 Å². The van der Waals surface area contributed by atoms with Crippen LogP contribution in [0.25, 0.3) is 11.1 Å². The smallest absolute Gasteiger partial charge is 0.248 e. The maximum Gasteiger partial charge on any atom is 0.248 e. The molecule has 8 heteroatoms. The fraction of sp³-hybridized carbons (Fsp3) is 0.227. The van der Waals surface area contributed by atoms with E-state index in [0.29, 0.717) is 16.7 Å². The molecule has 1 aliphatic rings. The van der Waals surface area contributed by atoms with E-state index >= 15 is 0 Å². The van der Waals surface area contributed by atoms with Crippen molar-refractivity contribution in [3.05, 3.63) is 77.8 Å². The molecule has 1 aliphatic carbocycles. The summed E-state index contributed by atoms with van der Waals surface area (Å²) >= 11 is 0. The number of alkyl halides is 1. The average Bonchev–Trinajstić information content (AvgIpc) is 2.71. The molecule has 1 fully saturated rings. The highest BCUT2D eigenvalue weighted by Crippen LogP contribution is 2.45. The Morgan fingerprint density at radius 2 is 1.90 bits per heavy atom. The summed E-state index contributed by atoms with van der Waals surface area (Å²) < 4.78 is 42.6. The Hall–Kier alpha value is -3.42. The SMILES string of the molecule is NC(=O)c1cccc(-c2cnc(NC[C@]3(c4ncccc4F)C[C@H](F)C3)c(F)c2)c1. The van der Waals surface area contributed by atoms with Gasteiger partial charge in [0.2, 0.25) is 5.91 Å². The molecule has 0 bridgehead atoms. The Kier molecular flexibility index (Phi) is 5.15. The number of halogens is 3. The van der Waals surface area contributed by atoms with Gasteiger partial charge in [0.1, 0.15) is 12.0 Å². The number of nitrogens with one attached hydrogen (secondary N) is 1. The van der Waals surface area contributed by atoms with Crippen molar-refractivity contribution in [1.29, 1.82) is 0 Å². The van der Waals surface area contributed by atoms with Gasteiger partial charge in [0.15, 0.2) is 11.6 Å². The highest BCUT2D eigenvalue weighted by atomic mass is 19.1. The summed E-state index contributed by atoms with van der Waals surface area (Å²) in [6.45, 7) is 0.0990. The fourth-order valence-corrected chi connectivity index (χ4v) is 3.82. The lowest BCUT2D eigenvalue weighted by atomic mass is 9.65. The molecule has 0 unspecified atom stereocenters. The molecule has 30 heavy (non-hydrogen) atoms. The van der Waals surface area contributed by atoms with Crippen molar-refractivity contribution in [3.8, 4) is 11.1 Å². The summed E-state index contributed by atoms with van der Waals surface area (Å²) in [6.07, 6.45) is 2.07. The van der Waals surface area contributed by atoms with Crippen LogP contribution in [0.2, 0.25) is 0 Å². The first-order valence-corrected chi connectivity index (χ1v) is 9.43. The van der Waals surface area contributed by atoms with Crippen molar-refractivity contribution in [2.24, 2.45) is 5.73 Å². The number of carbonyl (C=O) groups is 1. The lowest BCUT2D eigenvalue weighted by Crippen LogP contribution is -2.49. The van der Waals surface area contributed by atoms with E-state index in [9.17, 15) is 18.0 Å². The highest BCUT2D eigenvalue weighted by molar-refractivity contribution is 5.94. The predicted octanol–water partition coefficient (Wildman–Crippen LogP) is 4.00. The third kappa shape index (κ3) is 3.72. The number of pyridine rings is 2. The first-order valence-electron chi connectivity index (χ1n) is 9.43. The van der Waals surface area contributed by atoms with Crippen LogP contribution in [0.15, 0.2) is 54.9 Å². The van der Waals surface area contributed by atoms with Crippen LogP contribution in [0.3, 0.4) is 0 Å². The molecule has 154 valence electrons. The number of nitrogens with zero attached hydrogens (tertiary/aromatic N) is 2. The standard InChI is InChI=1S/C22H19F3N4O/c23-16-9-22(10-16,19-17(24)5-2-6-27-19)12-29-21-18(25)8-15(11-28-21)13-3-1-4-14(7-13)20(26)30/h1-8,11,16H,9-10,12H2,(H2,26,30)(H,28,29)/t16-,22-. The van der Waals surface area contributed by atoms with E-state index in [-0.39, 0.29) is 30.9 Å². The van der Waals surface area contributed by atoms with Gasteiger partial charge in [-0.05, 0) is 48.7 Å². The highest BCUT2D eigenvalue weighted by Gasteiger charge is 2.48. The minimum Gasteiger partial charge on any atom is -0.367 e. The molecule has 0 saturated heterocycles. The van der Waals surface area contributed by atoms with E-state index < -0.39 is 29.1 Å². The minimum absolute atomic E-state index is 0.0252. The number of hydrogen-bond acceptors (Lipinski definition) is 4. The third-order valence-electron chi connectivity index (χ3n) is 5.40. The van der Waals surface area contributed by atoms with Crippen molar-refractivity contribution >= 4 is 11.7 Å². The molecular weight excluding hydrogens is 393 g/mol. The third-order valence-corrected chi connectivity index (χ3v) is 5.40. The van der Waals surface area contributed by atoms with E-state index in [2.05, 4.69) is 15.3 Å². The second kappa shape index (κ2) is 7.78. The molecule has 1 saturated carbocycles. The Labute approximate surface area is 171 Å². The molecular formula is C22H19F3N4O. The van der Waals surface area contributed by atoms with Crippen LogP contribution in [-0.4, -0.2) is 28.6 Å². The van der Waals surface area contributed by atoms with Gasteiger partial charge in [-0.1, -0.05) is 12.1 Å². The van der Waals surface area contributed by atoms with Gasteiger partial charge in [0.25, 0.3) is 0 Å². The number of nitrogens with two attached hydrogens (primary N) is 1. The number of anilines is 1. The largest absolute Gasteiger partial charge is 0.367 e. The predicted molar refractivity (Wildman–Crippen MR) is 107 cm³/mol. The van der Waals surface area contributed by atoms with Crippen molar-refractivity contribution in [2.75, 3.05) is 11.9 Å². The van der Waals surface area contributed by atoms with Gasteiger partial charge >= 0.3 is 0 Å². The van der Waals surface area contributed by atoms with Crippen LogP contribution in [0.4, 0.5) is 19.0 Å². The summed E-state index contributed by atoms with van der Waals surface area (Å²) in [5.74, 6) is -1.74. The average molecular weight is 412 g/mol. The maximum absolute atomic E-state index is 14.7. The molecule has 2 heterocycles. The number of carbonyl (C=O) groups excluding carboxylic acids is 1. The van der Waals surface area contributed by atoms with Crippen LogP contribution >= 0.6 is 0 Å². The van der Waals surface area contributed by atoms with Crippen molar-refractivity contribution < 1.29 is 18.0 Å². The Morgan fingerprint density at radius 1 is 1.10 bits per heavy atom. The van der Waals surface area contributed by atoms with Gasteiger partial charge in [-0.3, -0.25) is 9.78 Å². The Bertz CT molecular complexity index is 1100. The quantitative estimate of drug-likeness (QED) is 0.641. The van der Waals surface area contributed by atoms with Gasteiger partial charge < -0.3 is 11.1 Å². The minimum atomic E-state index is -1.05. The zero-order chi connectivity index (χ0) is 21.3. The maximum atomic E-state index is 14.7. The molecule has 0 aliphatic heterocycles. The molecule has 1 aromatic carbocycles. The summed E-state index contributed by atoms with van der Waals surface area (Å²) in [5.41, 5.74) is 5.97. The molecule has 3 N–H and O–H groups in total. The van der Waals surface area contributed by atoms with Crippen LogP contribution < -0.4 is 11.1 Å². The molecule has 2 aromatic heterocycles. The molecule has 0 radical (unpaired) electrons. The monoisotopic (exact) mass is 412 g/mol. The number of aromatic nitrogens is 2. The Morgan fingerprint density at radius 3 is 2.57 bits per heavy atom. The summed E-state index contributed by atoms with van der Waals surface area (Å²) in [5, 5.41) is 2.88. The molecule has 4 rings (SSSR count). The van der Waals surface area contributed by atoms with E-state index in [1.54, 1.807) is 24.3 Å². The fourth-order valence-electron chi connectivity index (χ4n) is 3.82. The summed E-state index contributed by atoms with van der Waals surface area (Å²) in [7, 11) is 0. The summed E-state index contributed by atoms with van der Waals surface area (Å²) in [6, 6.07) is 10.5. The first-order chi connectivity index (χ1) is 14.4. The summed E-state index contributed by atoms with van der Waals surface area (Å²) in [4.78, 5) is 19.5. The molecule has 1 amide bonds. The molecule has 3 aromatic rings. The normalized spacial score (nSPS) is 20.4. The zero-order valence-corrected chi connectivity index (χ0v) is 15.9. The van der Waals surface area contributed by atoms with Gasteiger partial charge in [0.05, 0.1) is 5.69 Å². The van der Waals surface area contributed by atoms with Gasteiger partial charge in [-0.25, -0.2) is 18.2 Å². The van der Waals surface area contributed by atoms with E-state index in [0.717, 1.165) is 0 Å². The van der Waals surface area contributed by atoms with Crippen molar-refractivity contribution in [1.82, 2.24) is 9.97 Å². The second-order valence-electron chi connectivity index (χ2n) is 7.47. The zero-order valence-electron chi connectivity index (χ0n) is 15.9. The molecule has 5 nitrogen and oxygen atoms in total. The van der Waals surface area contributed by atoms with E-state index in [4.69, 9.17) is 5.73 Å². The van der Waals surface area contributed by atoms with E-state index in [1.807, 2.05) is 0 Å². The van der Waals surface area contributed by atoms with Crippen LogP contribution in [0.1, 0.15) is 28.9 Å². The van der Waals surface area contributed by atoms with Crippen molar-refractivity contribution in [3.63, 3.8) is 0 Å². The first kappa shape index (κ1) is 19.9.